The summed E-state index contributed by atoms with van der Waals surface area (Å²) in [6, 6.07) is 8.45. The van der Waals surface area contributed by atoms with Crippen LogP contribution < -0.4 is 4.90 Å². The van der Waals surface area contributed by atoms with Gasteiger partial charge in [0.25, 0.3) is 0 Å². The van der Waals surface area contributed by atoms with Crippen LogP contribution in [0.2, 0.25) is 0 Å². The topological polar surface area (TPSA) is 3.24 Å². The summed E-state index contributed by atoms with van der Waals surface area (Å²) in [7, 11) is 2.02. The highest BCUT2D eigenvalue weighted by atomic mass is 15.1. The minimum Gasteiger partial charge on any atom is -0.345 e. The van der Waals surface area contributed by atoms with Crippen LogP contribution in [0, 0.1) is 0 Å². The van der Waals surface area contributed by atoms with Gasteiger partial charge >= 0.3 is 0 Å². The van der Waals surface area contributed by atoms with Crippen LogP contribution in [0.15, 0.2) is 128 Å². The number of hydrogen-bond acceptors (Lipinski definition) is 1. The van der Waals surface area contributed by atoms with Crippen LogP contribution in [0.3, 0.4) is 0 Å². The van der Waals surface area contributed by atoms with E-state index in [1.807, 2.05) is 58.2 Å². The largest absolute Gasteiger partial charge is 0.345 e. The predicted molar refractivity (Wildman–Crippen MR) is 138 cm³/mol. The van der Waals surface area contributed by atoms with E-state index >= 15 is 0 Å². The van der Waals surface area contributed by atoms with Crippen molar-refractivity contribution in [1.29, 1.82) is 0 Å². The van der Waals surface area contributed by atoms with Crippen molar-refractivity contribution in [1.82, 2.24) is 0 Å². The van der Waals surface area contributed by atoms with Crippen LogP contribution in [0.25, 0.3) is 5.57 Å². The van der Waals surface area contributed by atoms with Crippen molar-refractivity contribution >= 4 is 11.3 Å². The molecule has 1 heteroatoms. The summed E-state index contributed by atoms with van der Waals surface area (Å²) in [5, 5.41) is 0. The number of rotatable bonds is 11. The number of hydrogen-bond donors (Lipinski definition) is 0. The predicted octanol–water partition coefficient (Wildman–Crippen LogP) is 8.36. The van der Waals surface area contributed by atoms with E-state index in [1.54, 1.807) is 0 Å². The standard InChI is InChI=1S/C29H35N/c1-8-12-13-14-17-24(5)26(11-4)19-18-25(6)30(7)29-22-20-28(21-23-29)27(15-9-2)16-10-3/h8-12,14-23H,2,5-6,13H2,1,3-4,7H3/b12-8+,16-10-,17-14-,19-18-,26-11+,27-15+. The van der Waals surface area contributed by atoms with Crippen molar-refractivity contribution < 1.29 is 0 Å². The molecule has 1 rings (SSSR count). The summed E-state index contributed by atoms with van der Waals surface area (Å²) >= 11 is 0. The zero-order valence-electron chi connectivity index (χ0n) is 18.9. The van der Waals surface area contributed by atoms with Gasteiger partial charge in [0.05, 0.1) is 0 Å². The maximum atomic E-state index is 4.22. The Morgan fingerprint density at radius 1 is 0.900 bits per heavy atom. The van der Waals surface area contributed by atoms with E-state index in [0.29, 0.717) is 0 Å². The first kappa shape index (κ1) is 24.7. The minimum absolute atomic E-state index is 0.906. The Hall–Kier alpha value is -3.32. The lowest BCUT2D eigenvalue weighted by Gasteiger charge is -2.20. The Labute approximate surface area is 183 Å². The average Bonchev–Trinajstić information content (AvgIpc) is 2.76. The van der Waals surface area contributed by atoms with Gasteiger partial charge in [-0.2, -0.15) is 0 Å². The summed E-state index contributed by atoms with van der Waals surface area (Å²) in [5.41, 5.74) is 6.36. The molecule has 1 nitrogen and oxygen atoms in total. The monoisotopic (exact) mass is 397 g/mol. The Morgan fingerprint density at radius 2 is 1.60 bits per heavy atom. The SMILES string of the molecule is C=C/C=C(\C=C/C)c1ccc(N(C)C(=C)/C=C\C(=C/C)C(=C)/C=C\C/C=C/C)cc1. The van der Waals surface area contributed by atoms with Crippen LogP contribution in [-0.4, -0.2) is 7.05 Å². The summed E-state index contributed by atoms with van der Waals surface area (Å²) in [5.74, 6) is 0. The van der Waals surface area contributed by atoms with E-state index in [1.165, 1.54) is 0 Å². The molecule has 0 atom stereocenters. The van der Waals surface area contributed by atoms with E-state index in [0.717, 1.165) is 40.1 Å². The summed E-state index contributed by atoms with van der Waals surface area (Å²) in [4.78, 5) is 2.07. The van der Waals surface area contributed by atoms with Gasteiger partial charge in [0.2, 0.25) is 0 Å². The third kappa shape index (κ3) is 7.97. The maximum absolute atomic E-state index is 4.22. The van der Waals surface area contributed by atoms with Gasteiger partial charge in [-0.1, -0.05) is 92.6 Å². The van der Waals surface area contributed by atoms with E-state index < -0.39 is 0 Å². The Balaban J connectivity index is 2.88. The smallest absolute Gasteiger partial charge is 0.0408 e. The van der Waals surface area contributed by atoms with Gasteiger partial charge in [0.15, 0.2) is 0 Å². The molecule has 0 heterocycles. The van der Waals surface area contributed by atoms with Crippen molar-refractivity contribution in [2.24, 2.45) is 0 Å². The molecule has 0 radical (unpaired) electrons. The highest BCUT2D eigenvalue weighted by Crippen LogP contribution is 2.23. The second kappa shape index (κ2) is 13.8. The zero-order valence-corrected chi connectivity index (χ0v) is 18.9. The van der Waals surface area contributed by atoms with Crippen molar-refractivity contribution in [3.05, 3.63) is 133 Å². The molecule has 0 amide bonds. The second-order valence-electron chi connectivity index (χ2n) is 6.76. The first-order valence-electron chi connectivity index (χ1n) is 10.3. The summed E-state index contributed by atoms with van der Waals surface area (Å²) in [6.45, 7) is 18.3. The lowest BCUT2D eigenvalue weighted by Crippen LogP contribution is -2.13. The fourth-order valence-corrected chi connectivity index (χ4v) is 2.81. The van der Waals surface area contributed by atoms with Gasteiger partial charge in [-0.15, -0.1) is 0 Å². The highest BCUT2D eigenvalue weighted by molar-refractivity contribution is 5.76. The number of anilines is 1. The third-order valence-electron chi connectivity index (χ3n) is 4.63. The first-order chi connectivity index (χ1) is 14.5. The van der Waals surface area contributed by atoms with Gasteiger partial charge in [-0.3, -0.25) is 0 Å². The molecule has 1 aromatic carbocycles. The molecular formula is C29H35N. The number of likely N-dealkylation sites (N-methyl/N-ethyl adjacent to an activating group) is 1. The summed E-state index contributed by atoms with van der Waals surface area (Å²) < 4.78 is 0. The van der Waals surface area contributed by atoms with Gasteiger partial charge < -0.3 is 4.90 Å². The molecule has 30 heavy (non-hydrogen) atoms. The van der Waals surface area contributed by atoms with Crippen molar-refractivity contribution in [2.75, 3.05) is 11.9 Å². The molecule has 0 spiro atoms. The Kier molecular flexibility index (Phi) is 11.4. The third-order valence-corrected chi connectivity index (χ3v) is 4.63. The fourth-order valence-electron chi connectivity index (χ4n) is 2.81. The maximum Gasteiger partial charge on any atom is 0.0408 e. The molecule has 0 aliphatic carbocycles. The molecule has 0 aliphatic rings. The molecule has 0 aromatic heterocycles. The molecular weight excluding hydrogens is 362 g/mol. The molecule has 156 valence electrons. The van der Waals surface area contributed by atoms with Crippen LogP contribution in [0.4, 0.5) is 5.69 Å². The zero-order chi connectivity index (χ0) is 22.4. The quantitative estimate of drug-likeness (QED) is 0.268. The Bertz CT molecular complexity index is 896. The van der Waals surface area contributed by atoms with Crippen molar-refractivity contribution in [3.63, 3.8) is 0 Å². The fraction of sp³-hybridized carbons (Fsp3) is 0.172. The normalized spacial score (nSPS) is 13.1. The molecule has 0 N–H and O–H groups in total. The molecule has 0 fully saturated rings. The van der Waals surface area contributed by atoms with Crippen molar-refractivity contribution in [2.45, 2.75) is 27.2 Å². The lowest BCUT2D eigenvalue weighted by molar-refractivity contribution is 1.14. The van der Waals surface area contributed by atoms with Crippen molar-refractivity contribution in [3.8, 4) is 0 Å². The number of allylic oxidation sites excluding steroid dienone is 14. The summed E-state index contributed by atoms with van der Waals surface area (Å²) in [6.07, 6.45) is 23.3. The van der Waals surface area contributed by atoms with Crippen LogP contribution in [-0.2, 0) is 0 Å². The molecule has 1 aromatic rings. The van der Waals surface area contributed by atoms with Crippen LogP contribution in [0.1, 0.15) is 32.8 Å². The second-order valence-corrected chi connectivity index (χ2v) is 6.76. The van der Waals surface area contributed by atoms with Gasteiger partial charge in [-0.05, 0) is 67.7 Å². The van der Waals surface area contributed by atoms with E-state index in [-0.39, 0.29) is 0 Å². The van der Waals surface area contributed by atoms with Gasteiger partial charge in [0.1, 0.15) is 0 Å². The number of benzene rings is 1. The molecule has 0 saturated carbocycles. The van der Waals surface area contributed by atoms with E-state index in [2.05, 4.69) is 85.4 Å². The molecule has 0 bridgehead atoms. The lowest BCUT2D eigenvalue weighted by atomic mass is 10.0. The molecule has 0 aliphatic heterocycles. The first-order valence-corrected chi connectivity index (χ1v) is 10.3. The Morgan fingerprint density at radius 3 is 2.17 bits per heavy atom. The van der Waals surface area contributed by atoms with Gasteiger partial charge in [0, 0.05) is 18.4 Å². The molecule has 0 unspecified atom stereocenters. The van der Waals surface area contributed by atoms with Gasteiger partial charge in [-0.25, -0.2) is 0 Å². The molecule has 0 saturated heterocycles. The van der Waals surface area contributed by atoms with E-state index in [9.17, 15) is 0 Å². The number of nitrogens with zero attached hydrogens (tertiary/aromatic N) is 1. The average molecular weight is 398 g/mol. The van der Waals surface area contributed by atoms with Crippen LogP contribution in [0.5, 0.6) is 0 Å². The highest BCUT2D eigenvalue weighted by Gasteiger charge is 2.04. The van der Waals surface area contributed by atoms with E-state index in [4.69, 9.17) is 0 Å². The minimum atomic E-state index is 0.906. The van der Waals surface area contributed by atoms with Crippen LogP contribution >= 0.6 is 0 Å².